The third-order valence-electron chi connectivity index (χ3n) is 4.33. The Kier molecular flexibility index (Phi) is 4.17. The van der Waals surface area contributed by atoms with Gasteiger partial charge in [-0.1, -0.05) is 37.6 Å². The van der Waals surface area contributed by atoms with Crippen molar-refractivity contribution in [3.63, 3.8) is 0 Å². The monoisotopic (exact) mass is 334 g/mol. The van der Waals surface area contributed by atoms with Crippen molar-refractivity contribution in [2.75, 3.05) is 0 Å². The SMILES string of the molecule is CCC1(CC)OC(=O)C(Cc2ncc[nH]2)(c2ccc(Cl)cc2)O1. The standard InChI is InChI=1S/C17H19ClN2O3/c1-3-16(4-2)22-15(21)17(23-16,11-14-19-9-10-20-14)12-5-7-13(18)8-6-12/h5-10H,3-4,11H2,1-2H3,(H,19,20). The van der Waals surface area contributed by atoms with E-state index in [0.717, 1.165) is 0 Å². The third kappa shape index (κ3) is 2.75. The van der Waals surface area contributed by atoms with Gasteiger partial charge in [-0.3, -0.25) is 0 Å². The number of hydrogen-bond acceptors (Lipinski definition) is 4. The maximum atomic E-state index is 12.8. The number of esters is 1. The number of carbonyl (C=O) groups excluding carboxylic acids is 1. The van der Waals surface area contributed by atoms with E-state index in [1.165, 1.54) is 0 Å². The number of nitrogens with zero attached hydrogens (tertiary/aromatic N) is 1. The van der Waals surface area contributed by atoms with Crippen LogP contribution in [0.4, 0.5) is 0 Å². The molecule has 1 fully saturated rings. The zero-order chi connectivity index (χ0) is 16.5. The molecule has 0 radical (unpaired) electrons. The van der Waals surface area contributed by atoms with E-state index in [1.54, 1.807) is 36.7 Å². The lowest BCUT2D eigenvalue weighted by molar-refractivity contribution is -0.194. The molecule has 23 heavy (non-hydrogen) atoms. The highest BCUT2D eigenvalue weighted by Crippen LogP contribution is 2.45. The maximum absolute atomic E-state index is 12.8. The molecule has 0 saturated carbocycles. The van der Waals surface area contributed by atoms with Crippen LogP contribution in [0, 0.1) is 0 Å². The highest BCUT2D eigenvalue weighted by atomic mass is 35.5. The molecule has 1 unspecified atom stereocenters. The molecule has 2 aromatic rings. The van der Waals surface area contributed by atoms with Gasteiger partial charge >= 0.3 is 5.97 Å². The third-order valence-corrected chi connectivity index (χ3v) is 4.58. The van der Waals surface area contributed by atoms with Crippen LogP contribution in [0.3, 0.4) is 0 Å². The molecule has 5 nitrogen and oxygen atoms in total. The number of cyclic esters (lactones) is 1. The normalized spacial score (nSPS) is 23.0. The van der Waals surface area contributed by atoms with E-state index >= 15 is 0 Å². The number of rotatable bonds is 5. The number of benzene rings is 1. The van der Waals surface area contributed by atoms with E-state index in [0.29, 0.717) is 29.3 Å². The zero-order valence-electron chi connectivity index (χ0n) is 13.1. The van der Waals surface area contributed by atoms with Crippen molar-refractivity contribution in [1.29, 1.82) is 0 Å². The van der Waals surface area contributed by atoms with Gasteiger partial charge in [0.05, 0.1) is 6.42 Å². The van der Waals surface area contributed by atoms with E-state index in [1.807, 2.05) is 13.8 Å². The first-order valence-corrected chi connectivity index (χ1v) is 8.09. The topological polar surface area (TPSA) is 64.2 Å². The first-order chi connectivity index (χ1) is 11.0. The second kappa shape index (κ2) is 5.98. The summed E-state index contributed by atoms with van der Waals surface area (Å²) in [7, 11) is 0. The van der Waals surface area contributed by atoms with Crippen molar-refractivity contribution in [3.8, 4) is 0 Å². The van der Waals surface area contributed by atoms with Crippen LogP contribution in [0.5, 0.6) is 0 Å². The Morgan fingerprint density at radius 3 is 2.43 bits per heavy atom. The van der Waals surface area contributed by atoms with Crippen molar-refractivity contribution in [1.82, 2.24) is 9.97 Å². The van der Waals surface area contributed by atoms with Crippen molar-refractivity contribution in [2.24, 2.45) is 0 Å². The quantitative estimate of drug-likeness (QED) is 0.849. The van der Waals surface area contributed by atoms with Gasteiger partial charge in [0.2, 0.25) is 11.4 Å². The minimum Gasteiger partial charge on any atom is -0.431 e. The summed E-state index contributed by atoms with van der Waals surface area (Å²) in [6.07, 6.45) is 4.82. The summed E-state index contributed by atoms with van der Waals surface area (Å²) in [5.74, 6) is -0.622. The lowest BCUT2D eigenvalue weighted by atomic mass is 9.90. The number of hydrogen-bond donors (Lipinski definition) is 1. The van der Waals surface area contributed by atoms with E-state index in [9.17, 15) is 4.79 Å². The lowest BCUT2D eigenvalue weighted by Crippen LogP contribution is -2.38. The number of ether oxygens (including phenoxy) is 2. The summed E-state index contributed by atoms with van der Waals surface area (Å²) in [6, 6.07) is 7.09. The van der Waals surface area contributed by atoms with Gasteiger partial charge in [0, 0.05) is 30.3 Å². The molecule has 1 N–H and O–H groups in total. The number of aromatic nitrogens is 2. The van der Waals surface area contributed by atoms with Crippen molar-refractivity contribution < 1.29 is 14.3 Å². The molecule has 3 rings (SSSR count). The van der Waals surface area contributed by atoms with Crippen LogP contribution in [0.15, 0.2) is 36.7 Å². The van der Waals surface area contributed by atoms with Crippen molar-refractivity contribution in [3.05, 3.63) is 53.1 Å². The van der Waals surface area contributed by atoms with Gasteiger partial charge in [0.1, 0.15) is 5.82 Å². The number of aromatic amines is 1. The summed E-state index contributed by atoms with van der Waals surface area (Å²) in [6.45, 7) is 3.89. The molecule has 0 bridgehead atoms. The molecule has 1 aliphatic rings. The first kappa shape index (κ1) is 16.0. The fraction of sp³-hybridized carbons (Fsp3) is 0.412. The van der Waals surface area contributed by atoms with Gasteiger partial charge in [-0.2, -0.15) is 0 Å². The average molecular weight is 335 g/mol. The fourth-order valence-electron chi connectivity index (χ4n) is 2.91. The maximum Gasteiger partial charge on any atom is 0.346 e. The predicted octanol–water partition coefficient (Wildman–Crippen LogP) is 3.59. The molecule has 0 aliphatic carbocycles. The minimum atomic E-state index is -1.21. The molecule has 122 valence electrons. The summed E-state index contributed by atoms with van der Waals surface area (Å²) < 4.78 is 11.9. The largest absolute Gasteiger partial charge is 0.431 e. The number of carbonyl (C=O) groups is 1. The highest BCUT2D eigenvalue weighted by molar-refractivity contribution is 6.30. The van der Waals surface area contributed by atoms with Crippen LogP contribution in [0.25, 0.3) is 0 Å². The molecular weight excluding hydrogens is 316 g/mol. The smallest absolute Gasteiger partial charge is 0.346 e. The van der Waals surface area contributed by atoms with E-state index in [2.05, 4.69) is 9.97 Å². The molecular formula is C17H19ClN2O3. The van der Waals surface area contributed by atoms with Gasteiger partial charge in [-0.05, 0) is 17.7 Å². The second-order valence-corrected chi connectivity index (χ2v) is 6.09. The van der Waals surface area contributed by atoms with Crippen LogP contribution in [0.2, 0.25) is 5.02 Å². The Bertz CT molecular complexity index is 680. The van der Waals surface area contributed by atoms with Gasteiger partial charge in [0.25, 0.3) is 0 Å². The fourth-order valence-corrected chi connectivity index (χ4v) is 3.03. The Balaban J connectivity index is 2.07. The van der Waals surface area contributed by atoms with Crippen LogP contribution < -0.4 is 0 Å². The number of halogens is 1. The van der Waals surface area contributed by atoms with Crippen LogP contribution >= 0.6 is 11.6 Å². The molecule has 2 heterocycles. The molecule has 1 saturated heterocycles. The molecule has 1 aromatic heterocycles. The van der Waals surface area contributed by atoms with Crippen LogP contribution in [-0.4, -0.2) is 21.7 Å². The van der Waals surface area contributed by atoms with Crippen LogP contribution in [-0.2, 0) is 26.3 Å². The Labute approximate surface area is 140 Å². The first-order valence-electron chi connectivity index (χ1n) is 7.71. The molecule has 0 spiro atoms. The predicted molar refractivity (Wildman–Crippen MR) is 85.9 cm³/mol. The van der Waals surface area contributed by atoms with E-state index < -0.39 is 11.4 Å². The second-order valence-electron chi connectivity index (χ2n) is 5.66. The number of H-pyrrole nitrogens is 1. The molecule has 1 aliphatic heterocycles. The Hall–Kier alpha value is -1.85. The van der Waals surface area contributed by atoms with Crippen molar-refractivity contribution >= 4 is 17.6 Å². The molecule has 0 amide bonds. The van der Waals surface area contributed by atoms with E-state index in [-0.39, 0.29) is 12.4 Å². The Morgan fingerprint density at radius 2 is 1.91 bits per heavy atom. The van der Waals surface area contributed by atoms with Gasteiger partial charge in [0.15, 0.2) is 0 Å². The summed E-state index contributed by atoms with van der Waals surface area (Å²) in [4.78, 5) is 20.1. The summed E-state index contributed by atoms with van der Waals surface area (Å²) in [5, 5.41) is 0.602. The lowest BCUT2D eigenvalue weighted by Gasteiger charge is -2.29. The molecule has 1 atom stereocenters. The van der Waals surface area contributed by atoms with Gasteiger partial charge in [-0.25, -0.2) is 9.78 Å². The molecule has 1 aromatic carbocycles. The summed E-state index contributed by atoms with van der Waals surface area (Å²) in [5.41, 5.74) is -0.499. The average Bonchev–Trinajstić information content (AvgIpc) is 3.16. The Morgan fingerprint density at radius 1 is 1.22 bits per heavy atom. The highest BCUT2D eigenvalue weighted by Gasteiger charge is 2.58. The number of imidazole rings is 1. The zero-order valence-corrected chi connectivity index (χ0v) is 13.9. The van der Waals surface area contributed by atoms with E-state index in [4.69, 9.17) is 21.1 Å². The number of nitrogens with one attached hydrogen (secondary N) is 1. The summed E-state index contributed by atoms with van der Waals surface area (Å²) >= 11 is 5.98. The minimum absolute atomic E-state index is 0.280. The van der Waals surface area contributed by atoms with Gasteiger partial charge in [-0.15, -0.1) is 0 Å². The molecule has 6 heteroatoms. The van der Waals surface area contributed by atoms with Gasteiger partial charge < -0.3 is 14.5 Å². The van der Waals surface area contributed by atoms with Crippen molar-refractivity contribution in [2.45, 2.75) is 44.5 Å². The van der Waals surface area contributed by atoms with Crippen LogP contribution in [0.1, 0.15) is 38.1 Å².